The molecule has 168 valence electrons. The van der Waals surface area contributed by atoms with Gasteiger partial charge in [0.05, 0.1) is 17.8 Å². The molecular formula is C25H43N3OSi. The summed E-state index contributed by atoms with van der Waals surface area (Å²) in [6.07, 6.45) is 4.70. The van der Waals surface area contributed by atoms with E-state index in [9.17, 15) is 5.11 Å². The number of rotatable bonds is 8. The zero-order valence-corrected chi connectivity index (χ0v) is 21.4. The Balaban J connectivity index is 2.06. The molecule has 2 N–H and O–H groups in total. The molecule has 4 nitrogen and oxygen atoms in total. The van der Waals surface area contributed by atoms with Crippen molar-refractivity contribution in [1.29, 1.82) is 0 Å². The van der Waals surface area contributed by atoms with Crippen molar-refractivity contribution in [3.63, 3.8) is 0 Å². The molecule has 1 fully saturated rings. The summed E-state index contributed by atoms with van der Waals surface area (Å²) in [6, 6.07) is 6.55. The number of nitrogens with one attached hydrogen (secondary N) is 1. The molecule has 0 bridgehead atoms. The highest BCUT2D eigenvalue weighted by atomic mass is 28.3. The fraction of sp³-hybridized carbons (Fsp3) is 0.720. The van der Waals surface area contributed by atoms with Gasteiger partial charge in [-0.15, -0.1) is 0 Å². The molecule has 0 aliphatic carbocycles. The largest absolute Gasteiger partial charge is 0.386 e. The Bertz CT molecular complexity index is 827. The Labute approximate surface area is 184 Å². The summed E-state index contributed by atoms with van der Waals surface area (Å²) >= 11 is 0. The second kappa shape index (κ2) is 8.76. The highest BCUT2D eigenvalue weighted by molar-refractivity contribution is 6.82. The molecule has 0 amide bonds. The third-order valence-corrected chi connectivity index (χ3v) is 14.3. The van der Waals surface area contributed by atoms with Crippen molar-refractivity contribution in [3.05, 3.63) is 30.0 Å². The maximum atomic E-state index is 11.4. The molecule has 0 radical (unpaired) electrons. The number of aromatic nitrogens is 2. The first-order valence-corrected chi connectivity index (χ1v) is 14.2. The first-order chi connectivity index (χ1) is 14.1. The molecule has 0 saturated carbocycles. The van der Waals surface area contributed by atoms with Crippen LogP contribution in [0.5, 0.6) is 0 Å². The van der Waals surface area contributed by atoms with Crippen molar-refractivity contribution >= 4 is 19.1 Å². The minimum atomic E-state index is -1.89. The Morgan fingerprint density at radius 1 is 1.07 bits per heavy atom. The van der Waals surface area contributed by atoms with Crippen LogP contribution in [-0.4, -0.2) is 34.9 Å². The zero-order chi connectivity index (χ0) is 22.3. The van der Waals surface area contributed by atoms with E-state index in [4.69, 9.17) is 5.10 Å². The van der Waals surface area contributed by atoms with Gasteiger partial charge < -0.3 is 10.4 Å². The first-order valence-electron chi connectivity index (χ1n) is 12.0. The van der Waals surface area contributed by atoms with E-state index in [1.165, 1.54) is 5.52 Å². The molecule has 2 heterocycles. The van der Waals surface area contributed by atoms with Gasteiger partial charge in [-0.1, -0.05) is 61.5 Å². The van der Waals surface area contributed by atoms with Crippen LogP contribution in [0, 0.1) is 5.92 Å². The topological polar surface area (TPSA) is 50.1 Å². The lowest BCUT2D eigenvalue weighted by atomic mass is 9.79. The number of aliphatic hydroxyl groups is 1. The van der Waals surface area contributed by atoms with E-state index < -0.39 is 14.3 Å². The third kappa shape index (κ3) is 3.78. The molecule has 30 heavy (non-hydrogen) atoms. The maximum absolute atomic E-state index is 11.4. The lowest BCUT2D eigenvalue weighted by Crippen LogP contribution is -2.52. The lowest BCUT2D eigenvalue weighted by molar-refractivity contribution is 0.0561. The summed E-state index contributed by atoms with van der Waals surface area (Å²) in [5.41, 5.74) is 3.84. The minimum Gasteiger partial charge on any atom is -0.386 e. The van der Waals surface area contributed by atoms with Gasteiger partial charge in [-0.25, -0.2) is 0 Å². The van der Waals surface area contributed by atoms with Crippen molar-refractivity contribution in [2.24, 2.45) is 5.92 Å². The average Bonchev–Trinajstić information content (AvgIpc) is 3.28. The van der Waals surface area contributed by atoms with Gasteiger partial charge in [-0.3, -0.25) is 4.35 Å². The fourth-order valence-electron chi connectivity index (χ4n) is 6.66. The van der Waals surface area contributed by atoms with Crippen molar-refractivity contribution in [2.75, 3.05) is 6.54 Å². The van der Waals surface area contributed by atoms with E-state index in [0.29, 0.717) is 22.5 Å². The highest BCUT2D eigenvalue weighted by Gasteiger charge is 2.47. The second-order valence-corrected chi connectivity index (χ2v) is 16.6. The standard InChI is InChI=1S/C25H43N3OSi/c1-17(2)15-25(12-9-13-26-25)24(29)21-10-11-23-22(14-21)16-27-28(23)30(18(3)4,19(5)6)20(7)8/h10-11,14,16-20,24,26,29H,9,12-13,15H2,1-8H3. The Kier molecular flexibility index (Phi) is 6.85. The van der Waals surface area contributed by atoms with Gasteiger partial charge in [-0.05, 0) is 66.0 Å². The second-order valence-electron chi connectivity index (χ2n) is 10.9. The average molecular weight is 430 g/mol. The minimum absolute atomic E-state index is 0.204. The quantitative estimate of drug-likeness (QED) is 0.487. The molecule has 1 aromatic heterocycles. The van der Waals surface area contributed by atoms with Gasteiger partial charge >= 0.3 is 0 Å². The van der Waals surface area contributed by atoms with Crippen LogP contribution < -0.4 is 5.32 Å². The third-order valence-electron chi connectivity index (χ3n) is 7.62. The normalized spacial score (nSPS) is 21.6. The van der Waals surface area contributed by atoms with Crippen LogP contribution in [0.1, 0.15) is 86.3 Å². The fourth-order valence-corrected chi connectivity index (χ4v) is 13.0. The van der Waals surface area contributed by atoms with Crippen LogP contribution in [0.25, 0.3) is 10.9 Å². The Morgan fingerprint density at radius 2 is 1.70 bits per heavy atom. The predicted octanol–water partition coefficient (Wildman–Crippen LogP) is 6.26. The SMILES string of the molecule is CC(C)CC1(C(O)c2ccc3c(cnn3[Si](C(C)C)(C(C)C)C(C)C)c2)CCCN1. The monoisotopic (exact) mass is 429 g/mol. The molecule has 2 atom stereocenters. The summed E-state index contributed by atoms with van der Waals surface area (Å²) < 4.78 is 2.41. The van der Waals surface area contributed by atoms with Crippen molar-refractivity contribution in [2.45, 2.75) is 103 Å². The summed E-state index contributed by atoms with van der Waals surface area (Å²) in [6.45, 7) is 19.7. The molecule has 1 aliphatic rings. The van der Waals surface area contributed by atoms with Crippen molar-refractivity contribution < 1.29 is 5.11 Å². The van der Waals surface area contributed by atoms with Crippen LogP contribution >= 0.6 is 0 Å². The number of benzene rings is 1. The van der Waals surface area contributed by atoms with Gasteiger partial charge in [0, 0.05) is 10.9 Å². The molecule has 2 aromatic rings. The molecule has 1 saturated heterocycles. The predicted molar refractivity (Wildman–Crippen MR) is 131 cm³/mol. The number of hydrogen-bond donors (Lipinski definition) is 2. The van der Waals surface area contributed by atoms with Crippen LogP contribution in [0.3, 0.4) is 0 Å². The van der Waals surface area contributed by atoms with E-state index in [1.807, 2.05) is 6.20 Å². The van der Waals surface area contributed by atoms with Crippen LogP contribution in [0.15, 0.2) is 24.4 Å². The molecule has 1 aliphatic heterocycles. The number of nitrogens with zero attached hydrogens (tertiary/aromatic N) is 2. The summed E-state index contributed by atoms with van der Waals surface area (Å²) in [4.78, 5) is 0. The van der Waals surface area contributed by atoms with E-state index in [-0.39, 0.29) is 5.54 Å². The molecular weight excluding hydrogens is 386 g/mol. The smallest absolute Gasteiger partial charge is 0.193 e. The molecule has 1 aromatic carbocycles. The van der Waals surface area contributed by atoms with Crippen LogP contribution in [0.4, 0.5) is 0 Å². The maximum Gasteiger partial charge on any atom is 0.193 e. The Morgan fingerprint density at radius 3 is 2.20 bits per heavy atom. The first kappa shape index (κ1) is 23.5. The zero-order valence-electron chi connectivity index (χ0n) is 20.4. The van der Waals surface area contributed by atoms with Crippen molar-refractivity contribution in [1.82, 2.24) is 14.8 Å². The van der Waals surface area contributed by atoms with Gasteiger partial charge in [-0.2, -0.15) is 5.10 Å². The number of fused-ring (bicyclic) bond motifs is 1. The van der Waals surface area contributed by atoms with Gasteiger partial charge in [0.25, 0.3) is 0 Å². The summed E-state index contributed by atoms with van der Waals surface area (Å²) in [5, 5.41) is 21.2. The molecule has 0 spiro atoms. The number of hydrogen-bond acceptors (Lipinski definition) is 3. The summed E-state index contributed by atoms with van der Waals surface area (Å²) in [7, 11) is -1.89. The number of aliphatic hydroxyl groups excluding tert-OH is 1. The van der Waals surface area contributed by atoms with Crippen LogP contribution in [0.2, 0.25) is 16.6 Å². The highest BCUT2D eigenvalue weighted by Crippen LogP contribution is 2.44. The van der Waals surface area contributed by atoms with E-state index in [2.05, 4.69) is 83.3 Å². The molecule has 2 unspecified atom stereocenters. The molecule has 3 rings (SSSR count). The summed E-state index contributed by atoms with van der Waals surface area (Å²) in [5.74, 6) is 0.548. The van der Waals surface area contributed by atoms with Gasteiger partial charge in [0.1, 0.15) is 0 Å². The van der Waals surface area contributed by atoms with Crippen molar-refractivity contribution in [3.8, 4) is 0 Å². The van der Waals surface area contributed by atoms with E-state index in [0.717, 1.165) is 36.8 Å². The Hall–Kier alpha value is -1.17. The van der Waals surface area contributed by atoms with E-state index >= 15 is 0 Å². The van der Waals surface area contributed by atoms with Gasteiger partial charge in [0.15, 0.2) is 8.24 Å². The molecule has 5 heteroatoms. The van der Waals surface area contributed by atoms with E-state index in [1.54, 1.807) is 0 Å². The lowest BCUT2D eigenvalue weighted by Gasteiger charge is -2.43. The van der Waals surface area contributed by atoms with Gasteiger partial charge in [0.2, 0.25) is 0 Å². The van der Waals surface area contributed by atoms with Crippen LogP contribution in [-0.2, 0) is 0 Å².